The third-order valence-electron chi connectivity index (χ3n) is 2.84. The van der Waals surface area contributed by atoms with E-state index in [1.54, 1.807) is 12.4 Å². The number of carbonyl (C=O) groups is 1. The highest BCUT2D eigenvalue weighted by molar-refractivity contribution is 5.79. The standard InChI is InChI=1S/C11H15N3O/c1-8(9-2-4-13-5-3-9)14-7-10(12)6-11(14)15/h2-5,8,10H,6-7,12H2,1H3. The smallest absolute Gasteiger partial charge is 0.224 e. The Labute approximate surface area is 89.1 Å². The van der Waals surface area contributed by atoms with Gasteiger partial charge in [0.2, 0.25) is 5.91 Å². The number of hydrogen-bond donors (Lipinski definition) is 1. The van der Waals surface area contributed by atoms with Crippen LogP contribution >= 0.6 is 0 Å². The lowest BCUT2D eigenvalue weighted by Gasteiger charge is -2.24. The fourth-order valence-electron chi connectivity index (χ4n) is 1.96. The van der Waals surface area contributed by atoms with Crippen molar-refractivity contribution in [1.29, 1.82) is 0 Å². The summed E-state index contributed by atoms with van der Waals surface area (Å²) in [5.41, 5.74) is 6.86. The highest BCUT2D eigenvalue weighted by Gasteiger charge is 2.30. The second kappa shape index (κ2) is 3.98. The molecule has 1 aliphatic heterocycles. The van der Waals surface area contributed by atoms with Crippen LogP contribution in [0.1, 0.15) is 24.9 Å². The molecule has 2 N–H and O–H groups in total. The van der Waals surface area contributed by atoms with E-state index in [0.29, 0.717) is 13.0 Å². The van der Waals surface area contributed by atoms with Gasteiger partial charge in [0.05, 0.1) is 6.04 Å². The first kappa shape index (κ1) is 10.1. The maximum absolute atomic E-state index is 11.6. The van der Waals surface area contributed by atoms with Crippen LogP contribution in [0.15, 0.2) is 24.5 Å². The van der Waals surface area contributed by atoms with Gasteiger partial charge in [0.15, 0.2) is 0 Å². The Balaban J connectivity index is 2.15. The summed E-state index contributed by atoms with van der Waals surface area (Å²) < 4.78 is 0. The average Bonchev–Trinajstić information content (AvgIpc) is 2.58. The second-order valence-electron chi connectivity index (χ2n) is 3.97. The molecule has 0 aliphatic carbocycles. The molecule has 2 rings (SSSR count). The molecule has 1 saturated heterocycles. The number of amides is 1. The third-order valence-corrected chi connectivity index (χ3v) is 2.84. The highest BCUT2D eigenvalue weighted by atomic mass is 16.2. The van der Waals surface area contributed by atoms with Crippen LogP contribution in [0.2, 0.25) is 0 Å². The van der Waals surface area contributed by atoms with Crippen molar-refractivity contribution in [2.75, 3.05) is 6.54 Å². The minimum atomic E-state index is -0.0122. The average molecular weight is 205 g/mol. The van der Waals surface area contributed by atoms with Crippen LogP contribution in [0.4, 0.5) is 0 Å². The van der Waals surface area contributed by atoms with E-state index in [9.17, 15) is 4.79 Å². The molecule has 0 bridgehead atoms. The van der Waals surface area contributed by atoms with Gasteiger partial charge in [0.1, 0.15) is 0 Å². The van der Waals surface area contributed by atoms with Crippen molar-refractivity contribution in [3.05, 3.63) is 30.1 Å². The Morgan fingerprint density at radius 1 is 1.53 bits per heavy atom. The van der Waals surface area contributed by atoms with Crippen molar-refractivity contribution in [2.45, 2.75) is 25.4 Å². The highest BCUT2D eigenvalue weighted by Crippen LogP contribution is 2.24. The maximum Gasteiger partial charge on any atom is 0.224 e. The lowest BCUT2D eigenvalue weighted by molar-refractivity contribution is -0.129. The van der Waals surface area contributed by atoms with Crippen LogP contribution in [0.25, 0.3) is 0 Å². The Kier molecular flexibility index (Phi) is 2.68. The van der Waals surface area contributed by atoms with Gasteiger partial charge in [-0.3, -0.25) is 9.78 Å². The molecule has 2 atom stereocenters. The zero-order valence-electron chi connectivity index (χ0n) is 8.76. The van der Waals surface area contributed by atoms with Crippen LogP contribution in [0.5, 0.6) is 0 Å². The Morgan fingerprint density at radius 3 is 2.73 bits per heavy atom. The second-order valence-corrected chi connectivity index (χ2v) is 3.97. The lowest BCUT2D eigenvalue weighted by atomic mass is 10.1. The molecular weight excluding hydrogens is 190 g/mol. The Bertz CT molecular complexity index is 352. The molecule has 0 spiro atoms. The summed E-state index contributed by atoms with van der Waals surface area (Å²) in [7, 11) is 0. The number of hydrogen-bond acceptors (Lipinski definition) is 3. The van der Waals surface area contributed by atoms with E-state index in [0.717, 1.165) is 5.56 Å². The van der Waals surface area contributed by atoms with Gasteiger partial charge in [0, 0.05) is 31.4 Å². The summed E-state index contributed by atoms with van der Waals surface area (Å²) in [6, 6.07) is 3.94. The van der Waals surface area contributed by atoms with E-state index in [1.165, 1.54) is 0 Å². The first-order valence-electron chi connectivity index (χ1n) is 5.13. The third kappa shape index (κ3) is 1.99. The van der Waals surface area contributed by atoms with Crippen LogP contribution in [-0.2, 0) is 4.79 Å². The van der Waals surface area contributed by atoms with Gasteiger partial charge in [-0.2, -0.15) is 0 Å². The van der Waals surface area contributed by atoms with E-state index in [2.05, 4.69) is 4.98 Å². The number of likely N-dealkylation sites (tertiary alicyclic amines) is 1. The topological polar surface area (TPSA) is 59.2 Å². The molecule has 15 heavy (non-hydrogen) atoms. The fourth-order valence-corrected chi connectivity index (χ4v) is 1.96. The Morgan fingerprint density at radius 2 is 2.20 bits per heavy atom. The van der Waals surface area contributed by atoms with E-state index < -0.39 is 0 Å². The quantitative estimate of drug-likeness (QED) is 0.773. The summed E-state index contributed by atoms with van der Waals surface area (Å²) in [4.78, 5) is 17.4. The largest absolute Gasteiger partial charge is 0.334 e. The summed E-state index contributed by atoms with van der Waals surface area (Å²) in [5.74, 6) is 0.145. The number of carbonyl (C=O) groups excluding carboxylic acids is 1. The molecule has 1 aromatic heterocycles. The molecule has 2 unspecified atom stereocenters. The van der Waals surface area contributed by atoms with E-state index in [-0.39, 0.29) is 18.0 Å². The molecule has 0 saturated carbocycles. The van der Waals surface area contributed by atoms with Crippen LogP contribution in [-0.4, -0.2) is 28.4 Å². The Hall–Kier alpha value is -1.42. The minimum Gasteiger partial charge on any atom is -0.334 e. The van der Waals surface area contributed by atoms with Crippen molar-refractivity contribution < 1.29 is 4.79 Å². The SMILES string of the molecule is CC(c1ccncc1)N1CC(N)CC1=O. The molecule has 4 nitrogen and oxygen atoms in total. The number of rotatable bonds is 2. The van der Waals surface area contributed by atoms with Crippen LogP contribution < -0.4 is 5.73 Å². The van der Waals surface area contributed by atoms with Crippen molar-refractivity contribution in [3.63, 3.8) is 0 Å². The minimum absolute atomic E-state index is 0.0122. The lowest BCUT2D eigenvalue weighted by Crippen LogP contribution is -2.30. The molecule has 80 valence electrons. The van der Waals surface area contributed by atoms with E-state index >= 15 is 0 Å². The summed E-state index contributed by atoms with van der Waals surface area (Å²) >= 11 is 0. The normalized spacial score (nSPS) is 23.2. The predicted molar refractivity (Wildman–Crippen MR) is 57.0 cm³/mol. The summed E-state index contributed by atoms with van der Waals surface area (Å²) in [6.07, 6.45) is 3.95. The van der Waals surface area contributed by atoms with Gasteiger partial charge < -0.3 is 10.6 Å². The summed E-state index contributed by atoms with van der Waals surface area (Å²) in [5, 5.41) is 0. The number of nitrogens with two attached hydrogens (primary N) is 1. The molecule has 1 fully saturated rings. The molecule has 1 amide bonds. The molecule has 0 radical (unpaired) electrons. The molecule has 1 aliphatic rings. The number of pyridine rings is 1. The number of aromatic nitrogens is 1. The first-order chi connectivity index (χ1) is 7.18. The van der Waals surface area contributed by atoms with Gasteiger partial charge >= 0.3 is 0 Å². The van der Waals surface area contributed by atoms with Crippen molar-refractivity contribution in [2.24, 2.45) is 5.73 Å². The molecule has 0 aromatic carbocycles. The summed E-state index contributed by atoms with van der Waals surface area (Å²) in [6.45, 7) is 2.67. The zero-order valence-corrected chi connectivity index (χ0v) is 8.76. The van der Waals surface area contributed by atoms with E-state index in [4.69, 9.17) is 5.73 Å². The van der Waals surface area contributed by atoms with Gasteiger partial charge in [0.25, 0.3) is 0 Å². The van der Waals surface area contributed by atoms with Crippen molar-refractivity contribution >= 4 is 5.91 Å². The van der Waals surface area contributed by atoms with Crippen LogP contribution in [0, 0.1) is 0 Å². The molecular formula is C11H15N3O. The van der Waals surface area contributed by atoms with Gasteiger partial charge in [-0.15, -0.1) is 0 Å². The van der Waals surface area contributed by atoms with Crippen molar-refractivity contribution in [3.8, 4) is 0 Å². The fraction of sp³-hybridized carbons (Fsp3) is 0.455. The predicted octanol–water partition coefficient (Wildman–Crippen LogP) is 0.702. The number of nitrogens with zero attached hydrogens (tertiary/aromatic N) is 2. The zero-order chi connectivity index (χ0) is 10.8. The molecule has 1 aromatic rings. The van der Waals surface area contributed by atoms with Gasteiger partial charge in [-0.25, -0.2) is 0 Å². The maximum atomic E-state index is 11.6. The first-order valence-corrected chi connectivity index (χ1v) is 5.13. The molecule has 2 heterocycles. The van der Waals surface area contributed by atoms with Crippen LogP contribution in [0.3, 0.4) is 0 Å². The molecule has 4 heteroatoms. The van der Waals surface area contributed by atoms with Crippen molar-refractivity contribution in [1.82, 2.24) is 9.88 Å². The van der Waals surface area contributed by atoms with E-state index in [1.807, 2.05) is 24.0 Å². The monoisotopic (exact) mass is 205 g/mol. The van der Waals surface area contributed by atoms with Gasteiger partial charge in [-0.05, 0) is 24.6 Å². The van der Waals surface area contributed by atoms with Gasteiger partial charge in [-0.1, -0.05) is 0 Å².